The Morgan fingerprint density at radius 2 is 2.16 bits per heavy atom. The van der Waals surface area contributed by atoms with Crippen LogP contribution in [0.15, 0.2) is 35.1 Å². The molecule has 2 aromatic rings. The van der Waals surface area contributed by atoms with Crippen molar-refractivity contribution in [2.45, 2.75) is 25.5 Å². The molecule has 0 radical (unpaired) electrons. The topological polar surface area (TPSA) is 69.9 Å². The fourth-order valence-electron chi connectivity index (χ4n) is 3.53. The lowest BCUT2D eigenvalue weighted by Crippen LogP contribution is -2.34. The standard InChI is InChI=1S/C19H21NO5/c1-12-6-13-7-14(21)2-3-17(13)18-8-15(9-19(22)20(12)18)25-11-16-10-23-4-5-24-16/h2-3,7-9,12,16,21H,4-6,10-11H2,1H3/t12?,16-/m0/s1. The minimum atomic E-state index is -0.115. The minimum absolute atomic E-state index is 0.0286. The maximum Gasteiger partial charge on any atom is 0.254 e. The molecule has 2 aliphatic rings. The molecule has 2 atom stereocenters. The summed E-state index contributed by atoms with van der Waals surface area (Å²) in [5.41, 5.74) is 2.72. The molecule has 1 aromatic heterocycles. The number of hydrogen-bond acceptors (Lipinski definition) is 5. The Morgan fingerprint density at radius 1 is 1.28 bits per heavy atom. The summed E-state index contributed by atoms with van der Waals surface area (Å²) in [7, 11) is 0. The zero-order chi connectivity index (χ0) is 17.4. The third-order valence-electron chi connectivity index (χ3n) is 4.68. The van der Waals surface area contributed by atoms with Crippen LogP contribution in [0.25, 0.3) is 11.3 Å². The molecule has 0 spiro atoms. The van der Waals surface area contributed by atoms with E-state index in [0.717, 1.165) is 16.8 Å². The predicted molar refractivity (Wildman–Crippen MR) is 92.3 cm³/mol. The molecule has 6 nitrogen and oxygen atoms in total. The van der Waals surface area contributed by atoms with E-state index in [4.69, 9.17) is 14.2 Å². The van der Waals surface area contributed by atoms with Gasteiger partial charge in [0.2, 0.25) is 0 Å². The maximum atomic E-state index is 12.6. The van der Waals surface area contributed by atoms with Gasteiger partial charge in [-0.3, -0.25) is 4.79 Å². The first-order valence-electron chi connectivity index (χ1n) is 8.53. The van der Waals surface area contributed by atoms with Crippen LogP contribution in [-0.4, -0.2) is 42.2 Å². The highest BCUT2D eigenvalue weighted by Gasteiger charge is 2.24. The lowest BCUT2D eigenvalue weighted by molar-refractivity contribution is -0.101. The van der Waals surface area contributed by atoms with E-state index in [9.17, 15) is 9.90 Å². The van der Waals surface area contributed by atoms with E-state index in [1.807, 2.05) is 19.1 Å². The van der Waals surface area contributed by atoms with Crippen molar-refractivity contribution < 1.29 is 19.3 Å². The molecule has 1 aromatic carbocycles. The number of rotatable bonds is 3. The Bertz CT molecular complexity index is 838. The highest BCUT2D eigenvalue weighted by molar-refractivity contribution is 5.68. The van der Waals surface area contributed by atoms with Gasteiger partial charge in [-0.15, -0.1) is 0 Å². The van der Waals surface area contributed by atoms with E-state index in [2.05, 4.69) is 0 Å². The van der Waals surface area contributed by atoms with Crippen LogP contribution in [-0.2, 0) is 15.9 Å². The van der Waals surface area contributed by atoms with Crippen molar-refractivity contribution in [3.8, 4) is 22.8 Å². The molecule has 132 valence electrons. The number of pyridine rings is 1. The smallest absolute Gasteiger partial charge is 0.254 e. The number of aromatic nitrogens is 1. The number of nitrogens with zero attached hydrogens (tertiary/aromatic N) is 1. The molecule has 1 saturated heterocycles. The number of ether oxygens (including phenoxy) is 3. The normalized spacial score (nSPS) is 22.1. The van der Waals surface area contributed by atoms with Gasteiger partial charge in [0.25, 0.3) is 5.56 Å². The molecule has 0 bridgehead atoms. The summed E-state index contributed by atoms with van der Waals surface area (Å²) in [4.78, 5) is 12.6. The van der Waals surface area contributed by atoms with Crippen molar-refractivity contribution >= 4 is 0 Å². The zero-order valence-corrected chi connectivity index (χ0v) is 14.1. The second kappa shape index (κ2) is 6.54. The summed E-state index contributed by atoms with van der Waals surface area (Å²) in [5, 5.41) is 9.74. The molecule has 4 rings (SSSR count). The van der Waals surface area contributed by atoms with Crippen LogP contribution in [0.1, 0.15) is 18.5 Å². The van der Waals surface area contributed by atoms with Crippen LogP contribution in [0, 0.1) is 0 Å². The number of phenolic OH excluding ortho intramolecular Hbond substituents is 1. The van der Waals surface area contributed by atoms with E-state index in [-0.39, 0.29) is 23.5 Å². The van der Waals surface area contributed by atoms with E-state index < -0.39 is 0 Å². The van der Waals surface area contributed by atoms with Crippen LogP contribution >= 0.6 is 0 Å². The predicted octanol–water partition coefficient (Wildman–Crippen LogP) is 2.13. The average Bonchev–Trinajstić information content (AvgIpc) is 2.60. The van der Waals surface area contributed by atoms with Crippen molar-refractivity contribution in [3.63, 3.8) is 0 Å². The van der Waals surface area contributed by atoms with Gasteiger partial charge in [0.15, 0.2) is 0 Å². The molecule has 1 fully saturated rings. The van der Waals surface area contributed by atoms with Crippen LogP contribution in [0.4, 0.5) is 0 Å². The molecule has 25 heavy (non-hydrogen) atoms. The second-order valence-electron chi connectivity index (χ2n) is 6.56. The fraction of sp³-hybridized carbons (Fsp3) is 0.421. The number of phenols is 1. The minimum Gasteiger partial charge on any atom is -0.508 e. The highest BCUT2D eigenvalue weighted by atomic mass is 16.6. The van der Waals surface area contributed by atoms with Crippen LogP contribution < -0.4 is 10.3 Å². The first kappa shape index (κ1) is 16.2. The lowest BCUT2D eigenvalue weighted by atomic mass is 9.93. The van der Waals surface area contributed by atoms with Gasteiger partial charge in [-0.05, 0) is 37.1 Å². The maximum absolute atomic E-state index is 12.6. The van der Waals surface area contributed by atoms with Gasteiger partial charge in [0.1, 0.15) is 24.2 Å². The molecule has 2 aliphatic heterocycles. The van der Waals surface area contributed by atoms with Gasteiger partial charge in [-0.25, -0.2) is 0 Å². The number of fused-ring (bicyclic) bond motifs is 3. The van der Waals surface area contributed by atoms with E-state index in [1.54, 1.807) is 16.7 Å². The molecular weight excluding hydrogens is 322 g/mol. The quantitative estimate of drug-likeness (QED) is 0.925. The molecular formula is C19H21NO5. The lowest BCUT2D eigenvalue weighted by Gasteiger charge is -2.28. The molecule has 3 heterocycles. The Hall–Kier alpha value is -2.31. The summed E-state index contributed by atoms with van der Waals surface area (Å²) in [6.07, 6.45) is 0.597. The van der Waals surface area contributed by atoms with Crippen LogP contribution in [0.2, 0.25) is 0 Å². The SMILES string of the molecule is CC1Cc2cc(O)ccc2-c2cc(OC[C@@H]3COCCO3)cc(=O)n21. The zero-order valence-electron chi connectivity index (χ0n) is 14.1. The number of benzene rings is 1. The van der Waals surface area contributed by atoms with Crippen molar-refractivity contribution in [1.82, 2.24) is 4.57 Å². The van der Waals surface area contributed by atoms with Gasteiger partial charge < -0.3 is 23.9 Å². The van der Waals surface area contributed by atoms with Crippen molar-refractivity contribution in [2.75, 3.05) is 26.4 Å². The Labute approximate surface area is 145 Å². The van der Waals surface area contributed by atoms with Gasteiger partial charge in [0, 0.05) is 23.7 Å². The highest BCUT2D eigenvalue weighted by Crippen LogP contribution is 2.36. The molecule has 0 amide bonds. The first-order chi connectivity index (χ1) is 12.1. The van der Waals surface area contributed by atoms with Crippen LogP contribution in [0.5, 0.6) is 11.5 Å². The Kier molecular flexibility index (Phi) is 4.23. The van der Waals surface area contributed by atoms with Crippen molar-refractivity contribution in [2.24, 2.45) is 0 Å². The summed E-state index contributed by atoms with van der Waals surface area (Å²) in [6.45, 7) is 4.03. The van der Waals surface area contributed by atoms with E-state index >= 15 is 0 Å². The molecule has 0 saturated carbocycles. The van der Waals surface area contributed by atoms with Gasteiger partial charge in [-0.1, -0.05) is 0 Å². The second-order valence-corrected chi connectivity index (χ2v) is 6.56. The summed E-state index contributed by atoms with van der Waals surface area (Å²) in [6, 6.07) is 8.70. The summed E-state index contributed by atoms with van der Waals surface area (Å²) >= 11 is 0. The van der Waals surface area contributed by atoms with Crippen molar-refractivity contribution in [1.29, 1.82) is 0 Å². The Balaban J connectivity index is 1.66. The largest absolute Gasteiger partial charge is 0.508 e. The van der Waals surface area contributed by atoms with Crippen LogP contribution in [0.3, 0.4) is 0 Å². The van der Waals surface area contributed by atoms with E-state index in [0.29, 0.717) is 38.6 Å². The van der Waals surface area contributed by atoms with Gasteiger partial charge >= 0.3 is 0 Å². The fourth-order valence-corrected chi connectivity index (χ4v) is 3.53. The van der Waals surface area contributed by atoms with E-state index in [1.165, 1.54) is 6.07 Å². The molecule has 1 N–H and O–H groups in total. The average molecular weight is 343 g/mol. The third-order valence-corrected chi connectivity index (χ3v) is 4.68. The Morgan fingerprint density at radius 3 is 2.96 bits per heavy atom. The monoisotopic (exact) mass is 343 g/mol. The van der Waals surface area contributed by atoms with Gasteiger partial charge in [-0.2, -0.15) is 0 Å². The van der Waals surface area contributed by atoms with Crippen molar-refractivity contribution in [3.05, 3.63) is 46.2 Å². The molecule has 1 unspecified atom stereocenters. The molecule has 0 aliphatic carbocycles. The number of hydrogen-bond donors (Lipinski definition) is 1. The summed E-state index contributed by atoms with van der Waals surface area (Å²) in [5.74, 6) is 0.766. The third kappa shape index (κ3) is 3.15. The van der Waals surface area contributed by atoms with Gasteiger partial charge in [0.05, 0.1) is 25.5 Å². The first-order valence-corrected chi connectivity index (χ1v) is 8.53. The number of aromatic hydroxyl groups is 1. The molecule has 6 heteroatoms. The summed E-state index contributed by atoms with van der Waals surface area (Å²) < 4.78 is 18.5.